The maximum Gasteiger partial charge on any atom is 0.355 e. The van der Waals surface area contributed by atoms with Gasteiger partial charge in [0.05, 0.1) is 14.2 Å². The Morgan fingerprint density at radius 3 is 1.63 bits per heavy atom. The van der Waals surface area contributed by atoms with Crippen LogP contribution in [0.5, 0.6) is 0 Å². The quantitative estimate of drug-likeness (QED) is 0.339. The molecule has 0 aliphatic carbocycles. The van der Waals surface area contributed by atoms with Crippen LogP contribution < -0.4 is 0 Å². The van der Waals surface area contributed by atoms with Crippen LogP contribution in [0.15, 0.2) is 0 Å². The van der Waals surface area contributed by atoms with Gasteiger partial charge in [0.15, 0.2) is 0 Å². The Bertz CT molecular complexity index is 1120. The molecule has 0 aliphatic rings. The van der Waals surface area contributed by atoms with Crippen LogP contribution in [0.1, 0.15) is 88.2 Å². The molecule has 0 bridgehead atoms. The van der Waals surface area contributed by atoms with Crippen molar-refractivity contribution >= 4 is 23.9 Å². The van der Waals surface area contributed by atoms with Crippen molar-refractivity contribution in [1.29, 1.82) is 0 Å². The van der Waals surface area contributed by atoms with Crippen molar-refractivity contribution in [2.24, 2.45) is 0 Å². The van der Waals surface area contributed by atoms with E-state index < -0.39 is 29.5 Å². The average molecular weight is 491 g/mol. The van der Waals surface area contributed by atoms with E-state index in [9.17, 15) is 24.3 Å². The van der Waals surface area contributed by atoms with Crippen LogP contribution >= 0.6 is 0 Å². The van der Waals surface area contributed by atoms with E-state index in [0.717, 1.165) is 5.56 Å². The fraction of sp³-hybridized carbons (Fsp3) is 0.520. The van der Waals surface area contributed by atoms with E-state index in [1.807, 2.05) is 0 Å². The SMILES string of the molecule is COC(=O)CCc1c(Cc2[nH]c(C(=O)OC(C)(C)C)c(C)c2CCC(=O)OC)[nH]c(C(=O)O)c1C. The van der Waals surface area contributed by atoms with Crippen molar-refractivity contribution in [3.63, 3.8) is 0 Å². The minimum atomic E-state index is -1.11. The number of hydrogen-bond donors (Lipinski definition) is 3. The van der Waals surface area contributed by atoms with E-state index >= 15 is 0 Å². The molecule has 10 heteroatoms. The van der Waals surface area contributed by atoms with Crippen molar-refractivity contribution in [2.45, 2.75) is 72.3 Å². The lowest BCUT2D eigenvalue weighted by Crippen LogP contribution is -2.24. The van der Waals surface area contributed by atoms with Crippen molar-refractivity contribution < 1.29 is 38.5 Å². The number of carboxylic acid groups (broad SMARTS) is 1. The molecule has 2 rings (SSSR count). The van der Waals surface area contributed by atoms with Crippen LogP contribution in [-0.2, 0) is 43.1 Å². The molecule has 0 spiro atoms. The van der Waals surface area contributed by atoms with Crippen LogP contribution in [-0.4, -0.2) is 58.8 Å². The highest BCUT2D eigenvalue weighted by Crippen LogP contribution is 2.28. The number of carboxylic acids is 1. The van der Waals surface area contributed by atoms with Gasteiger partial charge < -0.3 is 29.3 Å². The van der Waals surface area contributed by atoms with E-state index in [2.05, 4.69) is 9.97 Å². The number of nitrogens with one attached hydrogen (secondary N) is 2. The number of carbonyl (C=O) groups excluding carboxylic acids is 3. The lowest BCUT2D eigenvalue weighted by molar-refractivity contribution is -0.141. The lowest BCUT2D eigenvalue weighted by Gasteiger charge is -2.19. The number of rotatable bonds is 10. The molecule has 192 valence electrons. The maximum atomic E-state index is 12.8. The Hall–Kier alpha value is -3.56. The van der Waals surface area contributed by atoms with Gasteiger partial charge in [0, 0.05) is 30.7 Å². The fourth-order valence-electron chi connectivity index (χ4n) is 3.96. The molecule has 0 saturated heterocycles. The Morgan fingerprint density at radius 2 is 1.23 bits per heavy atom. The molecule has 0 unspecified atom stereocenters. The molecule has 2 aromatic rings. The molecular formula is C25H34N2O8. The van der Waals surface area contributed by atoms with E-state index in [1.54, 1.807) is 34.6 Å². The van der Waals surface area contributed by atoms with Crippen LogP contribution in [0.4, 0.5) is 0 Å². The summed E-state index contributed by atoms with van der Waals surface area (Å²) in [5.41, 5.74) is 3.47. The zero-order chi connectivity index (χ0) is 26.5. The summed E-state index contributed by atoms with van der Waals surface area (Å²) in [4.78, 5) is 54.2. The second-order valence-electron chi connectivity index (χ2n) is 9.30. The first-order valence-electron chi connectivity index (χ1n) is 11.3. The van der Waals surface area contributed by atoms with E-state index in [1.165, 1.54) is 14.2 Å². The highest BCUT2D eigenvalue weighted by atomic mass is 16.6. The standard InChI is InChI=1S/C25H34N2O8/c1-13-15(8-10-19(28)33-6)17(26-21(13)23(30)31)12-18-16(9-11-20(29)34-7)14(2)22(27-18)24(32)35-25(3,4)5/h26-27H,8-12H2,1-7H3,(H,30,31). The molecule has 0 aliphatic heterocycles. The van der Waals surface area contributed by atoms with Crippen LogP contribution in [0.2, 0.25) is 0 Å². The third-order valence-electron chi connectivity index (χ3n) is 5.72. The monoisotopic (exact) mass is 490 g/mol. The summed E-state index contributed by atoms with van der Waals surface area (Å²) in [5.74, 6) is -2.44. The first-order valence-corrected chi connectivity index (χ1v) is 11.3. The summed E-state index contributed by atoms with van der Waals surface area (Å²) in [7, 11) is 2.60. The summed E-state index contributed by atoms with van der Waals surface area (Å²) >= 11 is 0. The van der Waals surface area contributed by atoms with Crippen LogP contribution in [0.3, 0.4) is 0 Å². The number of carbonyl (C=O) groups is 4. The number of hydrogen-bond acceptors (Lipinski definition) is 7. The lowest BCUT2D eigenvalue weighted by atomic mass is 9.98. The van der Waals surface area contributed by atoms with E-state index in [0.29, 0.717) is 34.5 Å². The van der Waals surface area contributed by atoms with Gasteiger partial charge in [0.2, 0.25) is 0 Å². The number of aromatic amines is 2. The normalized spacial score (nSPS) is 11.3. The maximum absolute atomic E-state index is 12.8. The number of H-pyrrole nitrogens is 2. The first kappa shape index (κ1) is 27.7. The molecule has 2 aromatic heterocycles. The van der Waals surface area contributed by atoms with Crippen molar-refractivity contribution in [2.75, 3.05) is 14.2 Å². The molecular weight excluding hydrogens is 456 g/mol. The highest BCUT2D eigenvalue weighted by molar-refractivity contribution is 5.90. The number of methoxy groups -OCH3 is 2. The summed E-state index contributed by atoms with van der Waals surface area (Å²) < 4.78 is 15.0. The largest absolute Gasteiger partial charge is 0.477 e. The molecule has 35 heavy (non-hydrogen) atoms. The Morgan fingerprint density at radius 1 is 0.800 bits per heavy atom. The third-order valence-corrected chi connectivity index (χ3v) is 5.72. The molecule has 0 fully saturated rings. The van der Waals surface area contributed by atoms with Crippen molar-refractivity contribution in [3.05, 3.63) is 45.0 Å². The number of aromatic nitrogens is 2. The van der Waals surface area contributed by atoms with Gasteiger partial charge in [-0.1, -0.05) is 0 Å². The zero-order valence-corrected chi connectivity index (χ0v) is 21.3. The van der Waals surface area contributed by atoms with Gasteiger partial charge in [-0.15, -0.1) is 0 Å². The van der Waals surface area contributed by atoms with E-state index in [4.69, 9.17) is 14.2 Å². The van der Waals surface area contributed by atoms with Gasteiger partial charge in [-0.2, -0.15) is 0 Å². The predicted octanol–water partition coefficient (Wildman–Crippen LogP) is 3.42. The summed E-state index contributed by atoms with van der Waals surface area (Å²) in [6, 6.07) is 0. The molecule has 0 atom stereocenters. The molecule has 2 heterocycles. The topological polar surface area (TPSA) is 148 Å². The van der Waals surface area contributed by atoms with Gasteiger partial charge in [0.1, 0.15) is 17.0 Å². The van der Waals surface area contributed by atoms with Gasteiger partial charge in [0.25, 0.3) is 0 Å². The Balaban J connectivity index is 2.53. The molecule has 0 aromatic carbocycles. The molecule has 3 N–H and O–H groups in total. The minimum Gasteiger partial charge on any atom is -0.477 e. The van der Waals surface area contributed by atoms with Gasteiger partial charge in [-0.05, 0) is 69.7 Å². The number of aromatic carboxylic acids is 1. The summed E-state index contributed by atoms with van der Waals surface area (Å²) in [6.45, 7) is 8.76. The molecule has 0 radical (unpaired) electrons. The molecule has 10 nitrogen and oxygen atoms in total. The first-order chi connectivity index (χ1) is 16.3. The summed E-state index contributed by atoms with van der Waals surface area (Å²) in [6.07, 6.45) is 1.02. The van der Waals surface area contributed by atoms with Crippen LogP contribution in [0.25, 0.3) is 0 Å². The highest BCUT2D eigenvalue weighted by Gasteiger charge is 2.26. The van der Waals surface area contributed by atoms with Crippen molar-refractivity contribution in [1.82, 2.24) is 9.97 Å². The van der Waals surface area contributed by atoms with Gasteiger partial charge in [-0.3, -0.25) is 9.59 Å². The van der Waals surface area contributed by atoms with E-state index in [-0.39, 0.29) is 37.1 Å². The number of ether oxygens (including phenoxy) is 3. The van der Waals surface area contributed by atoms with Gasteiger partial charge >= 0.3 is 23.9 Å². The third kappa shape index (κ3) is 6.97. The second kappa shape index (κ2) is 11.2. The molecule has 0 saturated carbocycles. The number of esters is 3. The Kier molecular flexibility index (Phi) is 8.89. The molecule has 0 amide bonds. The minimum absolute atomic E-state index is 0.0339. The Labute approximate surface area is 204 Å². The zero-order valence-electron chi connectivity index (χ0n) is 21.3. The van der Waals surface area contributed by atoms with Crippen LogP contribution in [0, 0.1) is 13.8 Å². The predicted molar refractivity (Wildman–Crippen MR) is 127 cm³/mol. The van der Waals surface area contributed by atoms with Crippen molar-refractivity contribution in [3.8, 4) is 0 Å². The average Bonchev–Trinajstić information content (AvgIpc) is 3.25. The smallest absolute Gasteiger partial charge is 0.355 e. The van der Waals surface area contributed by atoms with Gasteiger partial charge in [-0.25, -0.2) is 9.59 Å². The fourth-order valence-corrected chi connectivity index (χ4v) is 3.96. The second-order valence-corrected chi connectivity index (χ2v) is 9.30. The summed E-state index contributed by atoms with van der Waals surface area (Å²) in [5, 5.41) is 9.61.